The van der Waals surface area contributed by atoms with Crippen LogP contribution < -0.4 is 0 Å². The first kappa shape index (κ1) is 23.3. The van der Waals surface area contributed by atoms with Crippen molar-refractivity contribution in [3.05, 3.63) is 0 Å². The molecule has 0 amide bonds. The number of carbonyl (C=O) groups excluding carboxylic acids is 1. The van der Waals surface area contributed by atoms with Gasteiger partial charge in [-0.15, -0.1) is 8.57 Å². The minimum Gasteiger partial charge on any atom is -0.299 e. The smallest absolute Gasteiger partial charge is 0.299 e. The number of hydrogen-bond donors (Lipinski definition) is 0. The average Bonchev–Trinajstić information content (AvgIpc) is 2.78. The van der Waals surface area contributed by atoms with Crippen molar-refractivity contribution in [1.29, 1.82) is 0 Å². The van der Waals surface area contributed by atoms with E-state index in [1.807, 2.05) is 0 Å². The maximum absolute atomic E-state index is 12.6. The number of rotatable bonds is 6. The molecule has 0 spiro atoms. The van der Waals surface area contributed by atoms with Gasteiger partial charge < -0.3 is 0 Å². The highest BCUT2D eigenvalue weighted by atomic mass is 32.2. The molecular weight excluding hydrogens is 448 g/mol. The van der Waals surface area contributed by atoms with Crippen LogP contribution in [-0.2, 0) is 33.6 Å². The van der Waals surface area contributed by atoms with E-state index in [2.05, 4.69) is 8.57 Å². The molecule has 164 valence electrons. The largest absolute Gasteiger partial charge is 0.524 e. The van der Waals surface area contributed by atoms with E-state index in [9.17, 15) is 48.0 Å². The summed E-state index contributed by atoms with van der Waals surface area (Å²) in [6, 6.07) is 0. The maximum atomic E-state index is 12.6. The molecule has 0 aliphatic heterocycles. The van der Waals surface area contributed by atoms with Gasteiger partial charge >= 0.3 is 31.3 Å². The van der Waals surface area contributed by atoms with Crippen molar-refractivity contribution in [2.24, 2.45) is 16.7 Å². The average molecular weight is 463 g/mol. The number of Topliss-reactive ketones (excluding diaryl/α,β-unsaturated/α-hetero) is 1. The quantitative estimate of drug-likeness (QED) is 0.335. The van der Waals surface area contributed by atoms with Crippen LogP contribution in [0.15, 0.2) is 0 Å². The number of hydroxylamine groups is 2. The number of alkyl halides is 6. The van der Waals surface area contributed by atoms with Crippen LogP contribution in [0, 0.1) is 16.7 Å². The summed E-state index contributed by atoms with van der Waals surface area (Å²) < 4.78 is 127. The van der Waals surface area contributed by atoms with Gasteiger partial charge in [-0.05, 0) is 29.4 Å². The van der Waals surface area contributed by atoms with E-state index in [1.165, 1.54) is 13.8 Å². The molecule has 2 aliphatic rings. The molecule has 2 bridgehead atoms. The van der Waals surface area contributed by atoms with Crippen LogP contribution in [0.3, 0.4) is 0 Å². The topological polar surface area (TPSA) is 107 Å². The van der Waals surface area contributed by atoms with Gasteiger partial charge in [-0.1, -0.05) is 13.8 Å². The maximum Gasteiger partial charge on any atom is 0.524 e. The van der Waals surface area contributed by atoms with E-state index in [1.54, 1.807) is 0 Å². The van der Waals surface area contributed by atoms with E-state index >= 15 is 0 Å². The van der Waals surface area contributed by atoms with Gasteiger partial charge in [0.15, 0.2) is 0 Å². The Morgan fingerprint density at radius 1 is 1.00 bits per heavy atom. The summed E-state index contributed by atoms with van der Waals surface area (Å²) in [6.45, 7) is 1.77. The van der Waals surface area contributed by atoms with Crippen LogP contribution >= 0.6 is 0 Å². The molecule has 8 nitrogen and oxygen atoms in total. The van der Waals surface area contributed by atoms with Gasteiger partial charge in [-0.3, -0.25) is 4.79 Å². The number of hydrogen-bond acceptors (Lipinski definition) is 8. The van der Waals surface area contributed by atoms with E-state index in [4.69, 9.17) is 0 Å². The van der Waals surface area contributed by atoms with Crippen molar-refractivity contribution < 1.29 is 56.5 Å². The Morgan fingerprint density at radius 2 is 1.43 bits per heavy atom. The highest BCUT2D eigenvalue weighted by Crippen LogP contribution is 2.64. The first-order valence-electron chi connectivity index (χ1n) is 7.59. The molecule has 2 saturated carbocycles. The third-order valence-electron chi connectivity index (χ3n) is 5.47. The molecule has 2 fully saturated rings. The second-order valence-electron chi connectivity index (χ2n) is 7.11. The fourth-order valence-corrected chi connectivity index (χ4v) is 4.54. The van der Waals surface area contributed by atoms with Crippen molar-refractivity contribution in [2.45, 2.75) is 44.1 Å². The van der Waals surface area contributed by atoms with Gasteiger partial charge in [-0.25, -0.2) is 0 Å². The molecule has 2 atom stereocenters. The third kappa shape index (κ3) is 3.64. The molecule has 2 rings (SSSR count). The highest BCUT2D eigenvalue weighted by Gasteiger charge is 2.66. The van der Waals surface area contributed by atoms with Crippen molar-refractivity contribution in [3.63, 3.8) is 0 Å². The molecule has 16 heteroatoms. The van der Waals surface area contributed by atoms with Crippen molar-refractivity contribution in [1.82, 2.24) is 5.23 Å². The Labute approximate surface area is 155 Å². The summed E-state index contributed by atoms with van der Waals surface area (Å²) in [7, 11) is -13.1. The Bertz CT molecular complexity index is 818. The van der Waals surface area contributed by atoms with Crippen LogP contribution in [0.25, 0.3) is 0 Å². The Morgan fingerprint density at radius 3 is 1.71 bits per heavy atom. The Hall–Kier alpha value is -0.970. The summed E-state index contributed by atoms with van der Waals surface area (Å²) in [5, 5.41) is -0.932. The molecule has 2 unspecified atom stereocenters. The lowest BCUT2D eigenvalue weighted by molar-refractivity contribution is -0.278. The van der Waals surface area contributed by atoms with E-state index < -0.39 is 59.6 Å². The normalized spacial score (nSPS) is 28.3. The lowest BCUT2D eigenvalue weighted by Crippen LogP contribution is -2.49. The van der Waals surface area contributed by atoms with Gasteiger partial charge in [0.25, 0.3) is 0 Å². The molecule has 0 aromatic heterocycles. The zero-order chi connectivity index (χ0) is 22.0. The molecule has 2 aliphatic carbocycles. The second kappa shape index (κ2) is 6.52. The molecule has 0 aromatic carbocycles. The summed E-state index contributed by atoms with van der Waals surface area (Å²) >= 11 is 0. The second-order valence-corrected chi connectivity index (χ2v) is 10.1. The molecule has 0 aromatic rings. The lowest BCUT2D eigenvalue weighted by Gasteiger charge is -2.38. The predicted octanol–water partition coefficient (Wildman–Crippen LogP) is 2.25. The molecule has 0 N–H and O–H groups in total. The van der Waals surface area contributed by atoms with Crippen LogP contribution in [0.5, 0.6) is 0 Å². The van der Waals surface area contributed by atoms with E-state index in [0.29, 0.717) is 6.42 Å². The number of fused-ring (bicyclic) bond motifs is 2. The van der Waals surface area contributed by atoms with Gasteiger partial charge in [0.2, 0.25) is 0 Å². The zero-order valence-corrected chi connectivity index (χ0v) is 15.9. The first-order valence-corrected chi connectivity index (χ1v) is 10.4. The van der Waals surface area contributed by atoms with Crippen molar-refractivity contribution >= 4 is 26.0 Å². The van der Waals surface area contributed by atoms with Crippen LogP contribution in [-0.4, -0.2) is 45.4 Å². The summed E-state index contributed by atoms with van der Waals surface area (Å²) in [5.41, 5.74) is -14.8. The highest BCUT2D eigenvalue weighted by molar-refractivity contribution is 7.88. The monoisotopic (exact) mass is 463 g/mol. The van der Waals surface area contributed by atoms with Crippen LogP contribution in [0.1, 0.15) is 33.1 Å². The molecular formula is C12H15F6NO7S2. The fourth-order valence-electron chi connectivity index (χ4n) is 3.73. The Kier molecular flexibility index (Phi) is 5.42. The fraction of sp³-hybridized carbons (Fsp3) is 0.917. The summed E-state index contributed by atoms with van der Waals surface area (Å²) in [6.07, 6.45) is 0.314. The third-order valence-corrected chi connectivity index (χ3v) is 7.33. The van der Waals surface area contributed by atoms with Crippen LogP contribution in [0.4, 0.5) is 26.3 Å². The van der Waals surface area contributed by atoms with Gasteiger partial charge in [0.1, 0.15) is 5.78 Å². The lowest BCUT2D eigenvalue weighted by atomic mass is 9.69. The Balaban J connectivity index is 2.44. The number of ketones is 1. The molecule has 0 heterocycles. The number of carbonyl (C=O) groups is 1. The van der Waals surface area contributed by atoms with E-state index in [-0.39, 0.29) is 18.8 Å². The van der Waals surface area contributed by atoms with Crippen LogP contribution in [0.2, 0.25) is 0 Å². The van der Waals surface area contributed by atoms with Gasteiger partial charge in [-0.2, -0.15) is 43.2 Å². The molecule has 0 saturated heterocycles. The van der Waals surface area contributed by atoms with Gasteiger partial charge in [0.05, 0.1) is 12.0 Å². The standard InChI is InChI=1S/C12H15F6NO7S2/c1-9(2)7-3-4-10(9,8(20)5-7)6-19(25-27(21,22)11(13,14)15)26-28(23,24)12(16,17)18/h7H,3-6H2,1-2H3. The van der Waals surface area contributed by atoms with Crippen molar-refractivity contribution in [3.8, 4) is 0 Å². The van der Waals surface area contributed by atoms with E-state index in [0.717, 1.165) is 0 Å². The summed E-state index contributed by atoms with van der Waals surface area (Å²) in [4.78, 5) is 12.4. The minimum absolute atomic E-state index is 0.0230. The molecule has 28 heavy (non-hydrogen) atoms. The molecule has 0 radical (unpaired) electrons. The van der Waals surface area contributed by atoms with Crippen molar-refractivity contribution in [2.75, 3.05) is 6.54 Å². The van der Waals surface area contributed by atoms with Gasteiger partial charge in [0, 0.05) is 6.42 Å². The summed E-state index contributed by atoms with van der Waals surface area (Å²) in [5.74, 6) is -0.833. The zero-order valence-electron chi connectivity index (χ0n) is 14.3. The minimum atomic E-state index is -6.57. The predicted molar refractivity (Wildman–Crippen MR) is 77.4 cm³/mol. The number of halogens is 6. The first-order chi connectivity index (χ1) is 12.3. The SMILES string of the molecule is CC1(C)C2CCC1(CN(OS(=O)(=O)C(F)(F)F)OS(=O)(=O)C(F)(F)F)C(=O)C2. The number of nitrogens with zero attached hydrogens (tertiary/aromatic N) is 1.